The highest BCUT2D eigenvalue weighted by Gasteiger charge is 2.07. The van der Waals surface area contributed by atoms with Crippen LogP contribution in [0.5, 0.6) is 0 Å². The minimum atomic E-state index is -0.243. The van der Waals surface area contributed by atoms with Crippen molar-refractivity contribution in [3.63, 3.8) is 0 Å². The van der Waals surface area contributed by atoms with Crippen LogP contribution in [-0.4, -0.2) is 26.0 Å². The summed E-state index contributed by atoms with van der Waals surface area (Å²) < 4.78 is 4.58. The average Bonchev–Trinajstić information content (AvgIpc) is 2.34. The van der Waals surface area contributed by atoms with E-state index in [2.05, 4.69) is 10.1 Å². The summed E-state index contributed by atoms with van der Waals surface area (Å²) in [5, 5.41) is 2.58. The number of hydrogen-bond donors (Lipinski definition) is 1. The summed E-state index contributed by atoms with van der Waals surface area (Å²) in [6.45, 7) is 1.92. The predicted molar refractivity (Wildman–Crippen MR) is 64.9 cm³/mol. The Bertz CT molecular complexity index is 427. The Morgan fingerprint density at radius 2 is 2.00 bits per heavy atom. The SMILES string of the molecule is CNC(=O)c1cc(C)cc(CCC(=O)OC)c1. The summed E-state index contributed by atoms with van der Waals surface area (Å²) in [7, 11) is 2.97. The first-order chi connectivity index (χ1) is 8.06. The molecule has 0 unspecified atom stereocenters. The molecule has 0 atom stereocenters. The van der Waals surface area contributed by atoms with Gasteiger partial charge in [0.25, 0.3) is 5.91 Å². The third-order valence-corrected chi connectivity index (χ3v) is 2.47. The van der Waals surface area contributed by atoms with E-state index in [-0.39, 0.29) is 11.9 Å². The van der Waals surface area contributed by atoms with Crippen molar-refractivity contribution in [1.82, 2.24) is 5.32 Å². The van der Waals surface area contributed by atoms with Crippen LogP contribution in [0.4, 0.5) is 0 Å². The molecule has 0 bridgehead atoms. The molecule has 1 aromatic carbocycles. The standard InChI is InChI=1S/C13H17NO3/c1-9-6-10(4-5-12(15)17-3)8-11(7-9)13(16)14-2/h6-8H,4-5H2,1-3H3,(H,14,16). The fourth-order valence-corrected chi connectivity index (χ4v) is 1.63. The van der Waals surface area contributed by atoms with Gasteiger partial charge in [-0.05, 0) is 31.0 Å². The van der Waals surface area contributed by atoms with Crippen molar-refractivity contribution in [2.45, 2.75) is 19.8 Å². The first-order valence-electron chi connectivity index (χ1n) is 5.46. The topological polar surface area (TPSA) is 55.4 Å². The Labute approximate surface area is 101 Å². The number of rotatable bonds is 4. The molecule has 0 heterocycles. The minimum Gasteiger partial charge on any atom is -0.469 e. The van der Waals surface area contributed by atoms with Crippen LogP contribution in [0.1, 0.15) is 27.9 Å². The summed E-state index contributed by atoms with van der Waals surface area (Å²) in [5.74, 6) is -0.360. The van der Waals surface area contributed by atoms with Gasteiger partial charge in [-0.25, -0.2) is 0 Å². The van der Waals surface area contributed by atoms with Crippen LogP contribution < -0.4 is 5.32 Å². The molecule has 0 aromatic heterocycles. The molecule has 0 spiro atoms. The van der Waals surface area contributed by atoms with E-state index >= 15 is 0 Å². The second kappa shape index (κ2) is 6.03. The molecule has 1 amide bonds. The molecule has 4 heteroatoms. The van der Waals surface area contributed by atoms with Crippen LogP contribution in [0, 0.1) is 6.92 Å². The normalized spacial score (nSPS) is 9.82. The number of methoxy groups -OCH3 is 1. The van der Waals surface area contributed by atoms with E-state index in [1.807, 2.05) is 19.1 Å². The second-order valence-electron chi connectivity index (χ2n) is 3.86. The maximum absolute atomic E-state index is 11.5. The quantitative estimate of drug-likeness (QED) is 0.804. The van der Waals surface area contributed by atoms with Crippen molar-refractivity contribution in [2.24, 2.45) is 0 Å². The number of nitrogens with one attached hydrogen (secondary N) is 1. The molecular formula is C13H17NO3. The number of ether oxygens (including phenoxy) is 1. The lowest BCUT2D eigenvalue weighted by atomic mass is 10.0. The lowest BCUT2D eigenvalue weighted by Crippen LogP contribution is -2.18. The smallest absolute Gasteiger partial charge is 0.305 e. The number of benzene rings is 1. The van der Waals surface area contributed by atoms with Gasteiger partial charge in [0.15, 0.2) is 0 Å². The van der Waals surface area contributed by atoms with Crippen LogP contribution in [-0.2, 0) is 16.0 Å². The third-order valence-electron chi connectivity index (χ3n) is 2.47. The molecule has 0 saturated heterocycles. The zero-order valence-corrected chi connectivity index (χ0v) is 10.4. The maximum atomic E-state index is 11.5. The van der Waals surface area contributed by atoms with Crippen LogP contribution in [0.25, 0.3) is 0 Å². The highest BCUT2D eigenvalue weighted by molar-refractivity contribution is 5.94. The van der Waals surface area contributed by atoms with Gasteiger partial charge in [-0.3, -0.25) is 9.59 Å². The number of hydrogen-bond acceptors (Lipinski definition) is 3. The van der Waals surface area contributed by atoms with E-state index in [9.17, 15) is 9.59 Å². The number of aryl methyl sites for hydroxylation is 2. The van der Waals surface area contributed by atoms with Gasteiger partial charge in [-0.2, -0.15) is 0 Å². The molecule has 0 aliphatic carbocycles. The van der Waals surface area contributed by atoms with Crippen LogP contribution in [0.3, 0.4) is 0 Å². The molecule has 0 aliphatic heterocycles. The Kier molecular flexibility index (Phi) is 4.69. The highest BCUT2D eigenvalue weighted by Crippen LogP contribution is 2.12. The van der Waals surface area contributed by atoms with Crippen LogP contribution in [0.2, 0.25) is 0 Å². The van der Waals surface area contributed by atoms with E-state index in [1.54, 1.807) is 13.1 Å². The largest absolute Gasteiger partial charge is 0.469 e. The first-order valence-corrected chi connectivity index (χ1v) is 5.46. The Hall–Kier alpha value is -1.84. The van der Waals surface area contributed by atoms with Crippen LogP contribution >= 0.6 is 0 Å². The monoisotopic (exact) mass is 235 g/mol. The Morgan fingerprint density at radius 1 is 1.29 bits per heavy atom. The lowest BCUT2D eigenvalue weighted by Gasteiger charge is -2.06. The van der Waals surface area contributed by atoms with Crippen molar-refractivity contribution >= 4 is 11.9 Å². The van der Waals surface area contributed by atoms with Gasteiger partial charge < -0.3 is 10.1 Å². The van der Waals surface area contributed by atoms with E-state index in [0.29, 0.717) is 18.4 Å². The molecule has 1 rings (SSSR count). The molecule has 4 nitrogen and oxygen atoms in total. The number of amides is 1. The van der Waals surface area contributed by atoms with E-state index in [1.165, 1.54) is 7.11 Å². The van der Waals surface area contributed by atoms with E-state index < -0.39 is 0 Å². The summed E-state index contributed by atoms with van der Waals surface area (Å²) in [5.41, 5.74) is 2.59. The molecule has 1 aromatic rings. The van der Waals surface area contributed by atoms with Crippen molar-refractivity contribution in [2.75, 3.05) is 14.2 Å². The lowest BCUT2D eigenvalue weighted by molar-refractivity contribution is -0.140. The van der Waals surface area contributed by atoms with Crippen molar-refractivity contribution in [1.29, 1.82) is 0 Å². The van der Waals surface area contributed by atoms with Crippen molar-refractivity contribution in [3.05, 3.63) is 34.9 Å². The van der Waals surface area contributed by atoms with E-state index in [4.69, 9.17) is 0 Å². The van der Waals surface area contributed by atoms with Gasteiger partial charge in [0.05, 0.1) is 7.11 Å². The van der Waals surface area contributed by atoms with Gasteiger partial charge in [0.2, 0.25) is 0 Å². The fraction of sp³-hybridized carbons (Fsp3) is 0.385. The molecule has 0 radical (unpaired) electrons. The first kappa shape index (κ1) is 13.2. The van der Waals surface area contributed by atoms with Gasteiger partial charge in [0.1, 0.15) is 0 Å². The fourth-order valence-electron chi connectivity index (χ4n) is 1.63. The Morgan fingerprint density at radius 3 is 2.59 bits per heavy atom. The van der Waals surface area contributed by atoms with Gasteiger partial charge in [-0.15, -0.1) is 0 Å². The number of carbonyl (C=O) groups excluding carboxylic acids is 2. The predicted octanol–water partition coefficient (Wildman–Crippen LogP) is 1.46. The number of carbonyl (C=O) groups is 2. The molecule has 0 saturated carbocycles. The summed E-state index contributed by atoms with van der Waals surface area (Å²) in [6.07, 6.45) is 0.908. The minimum absolute atomic E-state index is 0.118. The molecule has 0 aliphatic rings. The molecule has 1 N–H and O–H groups in total. The van der Waals surface area contributed by atoms with Gasteiger partial charge >= 0.3 is 5.97 Å². The zero-order chi connectivity index (χ0) is 12.8. The highest BCUT2D eigenvalue weighted by atomic mass is 16.5. The van der Waals surface area contributed by atoms with Gasteiger partial charge in [0, 0.05) is 19.0 Å². The summed E-state index contributed by atoms with van der Waals surface area (Å²) in [4.78, 5) is 22.6. The molecular weight excluding hydrogens is 218 g/mol. The third kappa shape index (κ3) is 3.90. The molecule has 17 heavy (non-hydrogen) atoms. The summed E-state index contributed by atoms with van der Waals surface area (Å²) in [6, 6.07) is 5.59. The van der Waals surface area contributed by atoms with Crippen LogP contribution in [0.15, 0.2) is 18.2 Å². The second-order valence-corrected chi connectivity index (χ2v) is 3.86. The average molecular weight is 235 g/mol. The van der Waals surface area contributed by atoms with Crippen molar-refractivity contribution < 1.29 is 14.3 Å². The molecule has 0 fully saturated rings. The van der Waals surface area contributed by atoms with Crippen molar-refractivity contribution in [3.8, 4) is 0 Å². The van der Waals surface area contributed by atoms with Gasteiger partial charge in [-0.1, -0.05) is 11.6 Å². The zero-order valence-electron chi connectivity index (χ0n) is 10.4. The summed E-state index contributed by atoms with van der Waals surface area (Å²) >= 11 is 0. The molecule has 92 valence electrons. The maximum Gasteiger partial charge on any atom is 0.305 e. The number of esters is 1. The van der Waals surface area contributed by atoms with E-state index in [0.717, 1.165) is 11.1 Å². The Balaban J connectivity index is 2.82.